The van der Waals surface area contributed by atoms with Crippen molar-refractivity contribution in [1.82, 2.24) is 5.32 Å². The van der Waals surface area contributed by atoms with Crippen LogP contribution in [0.3, 0.4) is 0 Å². The lowest BCUT2D eigenvalue weighted by Gasteiger charge is -2.13. The number of fused-ring (bicyclic) bond motifs is 3. The summed E-state index contributed by atoms with van der Waals surface area (Å²) in [5, 5.41) is 3.64. The van der Waals surface area contributed by atoms with E-state index < -0.39 is 0 Å². The molecule has 0 aromatic heterocycles. The van der Waals surface area contributed by atoms with Crippen LogP contribution in [0.4, 0.5) is 0 Å². The Morgan fingerprint density at radius 1 is 0.900 bits per heavy atom. The predicted octanol–water partition coefficient (Wildman–Crippen LogP) is 1.93. The van der Waals surface area contributed by atoms with Crippen molar-refractivity contribution in [3.05, 3.63) is 0 Å². The van der Waals surface area contributed by atoms with E-state index in [9.17, 15) is 0 Å². The zero-order chi connectivity index (χ0) is 6.81. The fraction of sp³-hybridized carbons (Fsp3) is 1.00. The Morgan fingerprint density at radius 3 is 2.30 bits per heavy atom. The lowest BCUT2D eigenvalue weighted by atomic mass is 9.93. The smallest absolute Gasteiger partial charge is 0.00671 e. The Morgan fingerprint density at radius 2 is 1.60 bits per heavy atom. The Labute approximate surface area is 63.2 Å². The van der Waals surface area contributed by atoms with Gasteiger partial charge >= 0.3 is 0 Å². The van der Waals surface area contributed by atoms with Gasteiger partial charge < -0.3 is 5.32 Å². The predicted molar refractivity (Wildman–Crippen MR) is 43.0 cm³/mol. The van der Waals surface area contributed by atoms with Crippen LogP contribution in [-0.4, -0.2) is 12.6 Å². The molecule has 1 N–H and O–H groups in total. The molecular weight excluding hydrogens is 122 g/mol. The van der Waals surface area contributed by atoms with Crippen LogP contribution >= 0.6 is 0 Å². The number of hydrogen-bond acceptors (Lipinski definition) is 1. The summed E-state index contributed by atoms with van der Waals surface area (Å²) < 4.78 is 0. The summed E-state index contributed by atoms with van der Waals surface area (Å²) in [5.41, 5.74) is 0. The van der Waals surface area contributed by atoms with Crippen molar-refractivity contribution in [3.63, 3.8) is 0 Å². The van der Waals surface area contributed by atoms with Crippen LogP contribution in [0.1, 0.15) is 38.5 Å². The first-order chi connectivity index (χ1) is 4.95. The van der Waals surface area contributed by atoms with Crippen molar-refractivity contribution in [2.45, 2.75) is 44.6 Å². The van der Waals surface area contributed by atoms with Crippen LogP contribution in [0, 0.1) is 5.92 Å². The van der Waals surface area contributed by atoms with E-state index >= 15 is 0 Å². The second kappa shape index (κ2) is 2.91. The molecular formula is C9H17N. The molecule has 1 heteroatoms. The first-order valence-electron chi connectivity index (χ1n) is 4.68. The number of rotatable bonds is 0. The normalized spacial score (nSPS) is 40.8. The molecule has 0 spiro atoms. The van der Waals surface area contributed by atoms with Crippen LogP contribution in [0.15, 0.2) is 0 Å². The molecule has 1 nitrogen and oxygen atoms in total. The lowest BCUT2D eigenvalue weighted by molar-refractivity contribution is 0.429. The molecule has 0 amide bonds. The first kappa shape index (κ1) is 6.66. The first-order valence-corrected chi connectivity index (χ1v) is 4.68. The maximum Gasteiger partial charge on any atom is 0.00671 e. The van der Waals surface area contributed by atoms with E-state index in [0.717, 1.165) is 12.0 Å². The van der Waals surface area contributed by atoms with Gasteiger partial charge in [0, 0.05) is 6.04 Å². The highest BCUT2D eigenvalue weighted by atomic mass is 14.9. The van der Waals surface area contributed by atoms with Gasteiger partial charge in [-0.1, -0.05) is 12.8 Å². The molecule has 0 unspecified atom stereocenters. The van der Waals surface area contributed by atoms with Gasteiger partial charge in [0.25, 0.3) is 0 Å². The minimum absolute atomic E-state index is 0.882. The number of nitrogens with one attached hydrogen (secondary N) is 1. The monoisotopic (exact) mass is 139 g/mol. The van der Waals surface area contributed by atoms with Crippen molar-refractivity contribution in [2.24, 2.45) is 5.92 Å². The van der Waals surface area contributed by atoms with Gasteiger partial charge in [0.2, 0.25) is 0 Å². The summed E-state index contributed by atoms with van der Waals surface area (Å²) in [7, 11) is 0. The second-order valence-corrected chi connectivity index (χ2v) is 3.83. The van der Waals surface area contributed by atoms with Gasteiger partial charge in [-0.05, 0) is 38.1 Å². The van der Waals surface area contributed by atoms with Crippen molar-refractivity contribution in [2.75, 3.05) is 6.54 Å². The highest BCUT2D eigenvalue weighted by Gasteiger charge is 2.21. The van der Waals surface area contributed by atoms with Crippen LogP contribution in [0.5, 0.6) is 0 Å². The molecule has 2 aliphatic rings. The SMILES string of the molecule is C1CC2CCCC(C1)NC2. The summed E-state index contributed by atoms with van der Waals surface area (Å²) in [6.07, 6.45) is 8.81. The zero-order valence-electron chi connectivity index (χ0n) is 6.60. The summed E-state index contributed by atoms with van der Waals surface area (Å²) in [4.78, 5) is 0. The molecule has 2 aliphatic heterocycles. The van der Waals surface area contributed by atoms with Gasteiger partial charge in [0.15, 0.2) is 0 Å². The van der Waals surface area contributed by atoms with E-state index in [2.05, 4.69) is 5.32 Å². The molecule has 2 bridgehead atoms. The van der Waals surface area contributed by atoms with E-state index in [0.29, 0.717) is 0 Å². The third-order valence-electron chi connectivity index (χ3n) is 3.03. The van der Waals surface area contributed by atoms with Crippen LogP contribution in [-0.2, 0) is 0 Å². The van der Waals surface area contributed by atoms with Gasteiger partial charge in [-0.25, -0.2) is 0 Å². The Bertz CT molecular complexity index is 89.3. The Hall–Kier alpha value is -0.0400. The van der Waals surface area contributed by atoms with Gasteiger partial charge in [-0.2, -0.15) is 0 Å². The maximum absolute atomic E-state index is 3.64. The maximum atomic E-state index is 3.64. The molecule has 0 aromatic rings. The fourth-order valence-electron chi connectivity index (χ4n) is 2.34. The van der Waals surface area contributed by atoms with Gasteiger partial charge in [0.05, 0.1) is 0 Å². The molecule has 2 rings (SSSR count). The van der Waals surface area contributed by atoms with Crippen LogP contribution < -0.4 is 5.32 Å². The van der Waals surface area contributed by atoms with E-state index in [1.54, 1.807) is 0 Å². The Balaban J connectivity index is 2.01. The molecule has 2 saturated heterocycles. The summed E-state index contributed by atoms with van der Waals surface area (Å²) in [6.45, 7) is 1.31. The quantitative estimate of drug-likeness (QED) is 0.540. The average Bonchev–Trinajstić information content (AvgIpc) is 2.17. The Kier molecular flexibility index (Phi) is 1.94. The highest BCUT2D eigenvalue weighted by molar-refractivity contribution is 4.79. The van der Waals surface area contributed by atoms with Crippen molar-refractivity contribution in [1.29, 1.82) is 0 Å². The third-order valence-corrected chi connectivity index (χ3v) is 3.03. The van der Waals surface area contributed by atoms with Gasteiger partial charge in [-0.15, -0.1) is 0 Å². The molecule has 0 aliphatic carbocycles. The zero-order valence-corrected chi connectivity index (χ0v) is 6.60. The molecule has 0 aromatic carbocycles. The number of hydrogen-bond donors (Lipinski definition) is 1. The topological polar surface area (TPSA) is 12.0 Å². The molecule has 0 radical (unpaired) electrons. The standard InChI is InChI=1S/C9H17N/c1-3-8-4-2-6-9(5-1)10-7-8/h8-10H,1-7H2. The lowest BCUT2D eigenvalue weighted by Crippen LogP contribution is -2.27. The van der Waals surface area contributed by atoms with E-state index in [-0.39, 0.29) is 0 Å². The summed E-state index contributed by atoms with van der Waals surface area (Å²) in [6, 6.07) is 0.882. The van der Waals surface area contributed by atoms with Crippen molar-refractivity contribution >= 4 is 0 Å². The molecule has 2 fully saturated rings. The third kappa shape index (κ3) is 1.34. The van der Waals surface area contributed by atoms with E-state index in [1.807, 2.05) is 0 Å². The molecule has 0 atom stereocenters. The van der Waals surface area contributed by atoms with Gasteiger partial charge in [-0.3, -0.25) is 0 Å². The summed E-state index contributed by atoms with van der Waals surface area (Å²) >= 11 is 0. The highest BCUT2D eigenvalue weighted by Crippen LogP contribution is 2.25. The fourth-order valence-corrected chi connectivity index (χ4v) is 2.34. The van der Waals surface area contributed by atoms with Gasteiger partial charge in [0.1, 0.15) is 0 Å². The van der Waals surface area contributed by atoms with Crippen molar-refractivity contribution < 1.29 is 0 Å². The molecule has 2 heterocycles. The van der Waals surface area contributed by atoms with Crippen LogP contribution in [0.25, 0.3) is 0 Å². The summed E-state index contributed by atoms with van der Waals surface area (Å²) in [5.74, 6) is 1.02. The molecule has 0 saturated carbocycles. The molecule has 10 heavy (non-hydrogen) atoms. The minimum atomic E-state index is 0.882. The van der Waals surface area contributed by atoms with E-state index in [4.69, 9.17) is 0 Å². The largest absolute Gasteiger partial charge is 0.314 e. The van der Waals surface area contributed by atoms with Crippen molar-refractivity contribution in [3.8, 4) is 0 Å². The average molecular weight is 139 g/mol. The minimum Gasteiger partial charge on any atom is -0.314 e. The van der Waals surface area contributed by atoms with Crippen LogP contribution in [0.2, 0.25) is 0 Å². The molecule has 58 valence electrons. The second-order valence-electron chi connectivity index (χ2n) is 3.83. The van der Waals surface area contributed by atoms with E-state index in [1.165, 1.54) is 45.1 Å².